The molecular formula is C18H17NO4. The molecule has 0 bridgehead atoms. The van der Waals surface area contributed by atoms with Crippen LogP contribution in [0.2, 0.25) is 0 Å². The van der Waals surface area contributed by atoms with E-state index < -0.39 is 17.2 Å². The molecule has 4 rings (SSSR count). The zero-order chi connectivity index (χ0) is 16.6. The molecule has 0 radical (unpaired) electrons. The number of rotatable bonds is 1. The summed E-state index contributed by atoms with van der Waals surface area (Å²) in [5.41, 5.74) is 5.50. The van der Waals surface area contributed by atoms with E-state index in [2.05, 4.69) is 0 Å². The summed E-state index contributed by atoms with van der Waals surface area (Å²) in [7, 11) is 0. The number of fused-ring (bicyclic) bond motifs is 5. The van der Waals surface area contributed by atoms with Gasteiger partial charge in [-0.05, 0) is 23.6 Å². The highest BCUT2D eigenvalue weighted by molar-refractivity contribution is 6.12. The Hall–Kier alpha value is -2.37. The molecule has 2 atom stereocenters. The van der Waals surface area contributed by atoms with Crippen LogP contribution in [0.15, 0.2) is 36.4 Å². The lowest BCUT2D eigenvalue weighted by Crippen LogP contribution is -2.48. The predicted octanol–water partition coefficient (Wildman–Crippen LogP) is 2.01. The van der Waals surface area contributed by atoms with Crippen molar-refractivity contribution in [3.63, 3.8) is 0 Å². The first kappa shape index (κ1) is 14.2. The summed E-state index contributed by atoms with van der Waals surface area (Å²) < 4.78 is 5.69. The van der Waals surface area contributed by atoms with Gasteiger partial charge in [0.15, 0.2) is 0 Å². The largest absolute Gasteiger partial charge is 0.454 e. The number of ether oxygens (including phenoxy) is 1. The van der Waals surface area contributed by atoms with Crippen LogP contribution in [-0.2, 0) is 11.4 Å². The van der Waals surface area contributed by atoms with E-state index in [9.17, 15) is 15.0 Å². The van der Waals surface area contributed by atoms with Crippen LogP contribution in [-0.4, -0.2) is 16.0 Å². The highest BCUT2D eigenvalue weighted by Crippen LogP contribution is 2.59. The average Bonchev–Trinajstić information content (AvgIpc) is 2.84. The summed E-state index contributed by atoms with van der Waals surface area (Å²) in [4.78, 5) is 12.8. The van der Waals surface area contributed by atoms with Gasteiger partial charge >= 0.3 is 0 Å². The Morgan fingerprint density at radius 2 is 1.87 bits per heavy atom. The Bertz CT molecular complexity index is 860. The monoisotopic (exact) mass is 311 g/mol. The molecule has 5 nitrogen and oxygen atoms in total. The molecule has 0 saturated heterocycles. The molecule has 4 N–H and O–H groups in total. The summed E-state index contributed by atoms with van der Waals surface area (Å²) in [5, 5.41) is 22.1. The number of hydrogen-bond acceptors (Lipinski definition) is 5. The normalized spacial score (nSPS) is 27.6. The number of Topliss-reactive ketones (excluding diaryl/α,β-unsaturated/α-hetero) is 1. The van der Waals surface area contributed by atoms with Gasteiger partial charge in [0.1, 0.15) is 5.75 Å². The quantitative estimate of drug-likeness (QED) is 0.701. The summed E-state index contributed by atoms with van der Waals surface area (Å²) in [6, 6.07) is 9.97. The van der Waals surface area contributed by atoms with Crippen molar-refractivity contribution in [1.29, 1.82) is 0 Å². The lowest BCUT2D eigenvalue weighted by molar-refractivity contribution is -0.224. The standard InChI is InChI=1S/C18H17NO4/c1-9(2)10-6-7-11-14(8-10)23-18(22)12-4-3-5-13(19)15(12)16(20)17(11,18)21/h3-9,21-22H,19H2,1-2H3. The van der Waals surface area contributed by atoms with E-state index in [0.717, 1.165) is 5.56 Å². The lowest BCUT2D eigenvalue weighted by atomic mass is 9.86. The van der Waals surface area contributed by atoms with Gasteiger partial charge in [0, 0.05) is 16.8 Å². The zero-order valence-corrected chi connectivity index (χ0v) is 12.8. The van der Waals surface area contributed by atoms with Gasteiger partial charge in [0.25, 0.3) is 5.79 Å². The van der Waals surface area contributed by atoms with Crippen molar-refractivity contribution < 1.29 is 19.7 Å². The van der Waals surface area contributed by atoms with Gasteiger partial charge in [-0.3, -0.25) is 4.79 Å². The van der Waals surface area contributed by atoms with Crippen LogP contribution >= 0.6 is 0 Å². The van der Waals surface area contributed by atoms with Gasteiger partial charge in [-0.15, -0.1) is 0 Å². The zero-order valence-electron chi connectivity index (χ0n) is 12.8. The van der Waals surface area contributed by atoms with E-state index in [1.807, 2.05) is 19.9 Å². The van der Waals surface area contributed by atoms with Gasteiger partial charge in [-0.25, -0.2) is 0 Å². The van der Waals surface area contributed by atoms with Crippen molar-refractivity contribution in [3.05, 3.63) is 58.7 Å². The highest BCUT2D eigenvalue weighted by atomic mass is 16.7. The molecule has 1 aliphatic heterocycles. The maximum absolute atomic E-state index is 12.8. The second kappa shape index (κ2) is 4.13. The fourth-order valence-electron chi connectivity index (χ4n) is 3.51. The van der Waals surface area contributed by atoms with Gasteiger partial charge < -0.3 is 20.7 Å². The average molecular weight is 311 g/mol. The number of carbonyl (C=O) groups is 1. The van der Waals surface area contributed by atoms with E-state index in [1.54, 1.807) is 30.3 Å². The molecule has 2 aromatic rings. The van der Waals surface area contributed by atoms with Gasteiger partial charge in [-0.2, -0.15) is 0 Å². The minimum atomic E-state index is -2.17. The van der Waals surface area contributed by atoms with Crippen molar-refractivity contribution >= 4 is 11.5 Å². The molecule has 0 saturated carbocycles. The van der Waals surface area contributed by atoms with E-state index >= 15 is 0 Å². The number of ketones is 1. The number of carbonyl (C=O) groups excluding carboxylic acids is 1. The molecule has 2 aliphatic rings. The number of benzene rings is 2. The first-order chi connectivity index (χ1) is 10.8. The topological polar surface area (TPSA) is 92.8 Å². The van der Waals surface area contributed by atoms with Crippen LogP contribution in [0.5, 0.6) is 5.75 Å². The number of anilines is 1. The molecule has 2 unspecified atom stereocenters. The van der Waals surface area contributed by atoms with Crippen molar-refractivity contribution in [3.8, 4) is 5.75 Å². The third-order valence-electron chi connectivity index (χ3n) is 4.83. The van der Waals surface area contributed by atoms with Crippen LogP contribution in [0.25, 0.3) is 0 Å². The van der Waals surface area contributed by atoms with Crippen molar-refractivity contribution in [2.75, 3.05) is 5.73 Å². The first-order valence-electron chi connectivity index (χ1n) is 7.52. The van der Waals surface area contributed by atoms with Crippen molar-refractivity contribution in [2.45, 2.75) is 31.2 Å². The molecule has 2 aromatic carbocycles. The third-order valence-corrected chi connectivity index (χ3v) is 4.83. The van der Waals surface area contributed by atoms with Crippen LogP contribution in [0.3, 0.4) is 0 Å². The van der Waals surface area contributed by atoms with E-state index in [4.69, 9.17) is 10.5 Å². The molecule has 23 heavy (non-hydrogen) atoms. The number of hydrogen-bond donors (Lipinski definition) is 3. The molecular weight excluding hydrogens is 294 g/mol. The first-order valence-corrected chi connectivity index (χ1v) is 7.52. The second-order valence-corrected chi connectivity index (χ2v) is 6.47. The van der Waals surface area contributed by atoms with E-state index in [-0.39, 0.29) is 28.3 Å². The van der Waals surface area contributed by atoms with Crippen LogP contribution in [0, 0.1) is 0 Å². The van der Waals surface area contributed by atoms with E-state index in [1.165, 1.54) is 0 Å². The van der Waals surface area contributed by atoms with E-state index in [0.29, 0.717) is 5.75 Å². The van der Waals surface area contributed by atoms with Gasteiger partial charge in [0.2, 0.25) is 11.4 Å². The molecule has 0 amide bonds. The molecule has 0 aromatic heterocycles. The summed E-state index contributed by atoms with van der Waals surface area (Å²) >= 11 is 0. The molecule has 0 spiro atoms. The minimum Gasteiger partial charge on any atom is -0.454 e. The predicted molar refractivity (Wildman–Crippen MR) is 84.1 cm³/mol. The number of nitrogens with two attached hydrogens (primary N) is 1. The summed E-state index contributed by atoms with van der Waals surface area (Å²) in [6.07, 6.45) is 0. The van der Waals surface area contributed by atoms with Crippen LogP contribution < -0.4 is 10.5 Å². The van der Waals surface area contributed by atoms with Crippen molar-refractivity contribution in [2.24, 2.45) is 0 Å². The third kappa shape index (κ3) is 1.46. The summed E-state index contributed by atoms with van der Waals surface area (Å²) in [6.45, 7) is 4.06. The number of aliphatic hydroxyl groups is 2. The molecule has 1 heterocycles. The number of nitrogen functional groups attached to an aromatic ring is 1. The molecule has 5 heteroatoms. The highest BCUT2D eigenvalue weighted by Gasteiger charge is 2.70. The van der Waals surface area contributed by atoms with Crippen LogP contribution in [0.4, 0.5) is 5.69 Å². The van der Waals surface area contributed by atoms with Gasteiger partial charge in [-0.1, -0.05) is 38.1 Å². The Morgan fingerprint density at radius 1 is 1.13 bits per heavy atom. The van der Waals surface area contributed by atoms with Gasteiger partial charge in [0.05, 0.1) is 5.56 Å². The fraction of sp³-hybridized carbons (Fsp3) is 0.278. The Kier molecular flexibility index (Phi) is 2.55. The second-order valence-electron chi connectivity index (χ2n) is 6.47. The Balaban J connectivity index is 1.98. The molecule has 118 valence electrons. The SMILES string of the molecule is CC(C)c1ccc2c(c1)OC1(O)c3cccc(N)c3C(=O)C21O. The smallest absolute Gasteiger partial charge is 0.276 e. The minimum absolute atomic E-state index is 0.121. The maximum atomic E-state index is 12.8. The lowest BCUT2D eigenvalue weighted by Gasteiger charge is -2.28. The Labute approximate surface area is 133 Å². The Morgan fingerprint density at radius 3 is 2.57 bits per heavy atom. The van der Waals surface area contributed by atoms with Crippen molar-refractivity contribution in [1.82, 2.24) is 0 Å². The molecule has 1 aliphatic carbocycles. The fourth-order valence-corrected chi connectivity index (χ4v) is 3.51. The maximum Gasteiger partial charge on any atom is 0.276 e. The van der Waals surface area contributed by atoms with Crippen LogP contribution in [0.1, 0.15) is 46.8 Å². The summed E-state index contributed by atoms with van der Waals surface area (Å²) in [5.74, 6) is -2.20. The molecule has 0 fully saturated rings.